The van der Waals surface area contributed by atoms with Gasteiger partial charge in [-0.2, -0.15) is 0 Å². The zero-order valence-corrected chi connectivity index (χ0v) is 13.8. The van der Waals surface area contributed by atoms with Gasteiger partial charge in [-0.1, -0.05) is 12.1 Å². The number of imidazole rings is 1. The number of amides is 1. The van der Waals surface area contributed by atoms with E-state index < -0.39 is 10.0 Å². The van der Waals surface area contributed by atoms with Gasteiger partial charge in [0.2, 0.25) is 15.9 Å². The van der Waals surface area contributed by atoms with Crippen LogP contribution in [-0.4, -0.2) is 47.1 Å². The first-order valence-corrected chi connectivity index (χ1v) is 9.33. The van der Waals surface area contributed by atoms with E-state index >= 15 is 0 Å². The number of hydrogen-bond acceptors (Lipinski definition) is 4. The average molecular weight is 336 g/mol. The molecule has 0 bridgehead atoms. The molecule has 0 spiro atoms. The first-order valence-electron chi connectivity index (χ1n) is 7.72. The molecule has 0 radical (unpaired) electrons. The van der Waals surface area contributed by atoms with Crippen molar-refractivity contribution >= 4 is 27.0 Å². The lowest BCUT2D eigenvalue weighted by molar-refractivity contribution is -0.121. The summed E-state index contributed by atoms with van der Waals surface area (Å²) in [7, 11) is -3.16. The average Bonchev–Trinajstić information content (AvgIpc) is 2.98. The van der Waals surface area contributed by atoms with E-state index in [1.807, 2.05) is 24.3 Å². The normalized spacial score (nSPS) is 17.4. The summed E-state index contributed by atoms with van der Waals surface area (Å²) in [5.41, 5.74) is 4.51. The second-order valence-corrected chi connectivity index (χ2v) is 7.91. The highest BCUT2D eigenvalue weighted by Gasteiger charge is 2.30. The minimum absolute atomic E-state index is 0.0956. The number of carbonyl (C=O) groups excluding carboxylic acids is 1. The van der Waals surface area contributed by atoms with E-state index in [-0.39, 0.29) is 17.6 Å². The van der Waals surface area contributed by atoms with E-state index in [0.29, 0.717) is 25.9 Å². The third-order valence-corrected chi connectivity index (χ3v) is 6.15. The molecule has 0 unspecified atom stereocenters. The van der Waals surface area contributed by atoms with Gasteiger partial charge in [0.1, 0.15) is 6.33 Å². The van der Waals surface area contributed by atoms with E-state index in [1.54, 1.807) is 17.9 Å². The zero-order chi connectivity index (χ0) is 16.4. The van der Waals surface area contributed by atoms with Crippen molar-refractivity contribution in [2.75, 3.05) is 24.3 Å². The van der Waals surface area contributed by atoms with Crippen LogP contribution in [0.4, 0.5) is 0 Å². The summed E-state index contributed by atoms with van der Waals surface area (Å²) in [6.45, 7) is 2.44. The molecule has 124 valence electrons. The van der Waals surface area contributed by atoms with Crippen molar-refractivity contribution in [1.29, 1.82) is 0 Å². The lowest BCUT2D eigenvalue weighted by atomic mass is 9.98. The van der Waals surface area contributed by atoms with Crippen LogP contribution in [0.15, 0.2) is 30.6 Å². The number of para-hydroxylation sites is 2. The van der Waals surface area contributed by atoms with Gasteiger partial charge in [-0.05, 0) is 31.9 Å². The predicted molar refractivity (Wildman–Crippen MR) is 87.9 cm³/mol. The number of nitrogens with zero attached hydrogens (tertiary/aromatic N) is 3. The highest BCUT2D eigenvalue weighted by Crippen LogP contribution is 2.20. The minimum Gasteiger partial charge on any atom is -0.273 e. The zero-order valence-electron chi connectivity index (χ0n) is 13.0. The van der Waals surface area contributed by atoms with Crippen molar-refractivity contribution in [1.82, 2.24) is 14.0 Å². The van der Waals surface area contributed by atoms with Crippen molar-refractivity contribution in [3.8, 4) is 0 Å². The van der Waals surface area contributed by atoms with Gasteiger partial charge in [0.05, 0.1) is 16.8 Å². The van der Waals surface area contributed by atoms with Gasteiger partial charge in [-0.15, -0.1) is 0 Å². The maximum atomic E-state index is 12.4. The van der Waals surface area contributed by atoms with Crippen molar-refractivity contribution in [2.24, 2.45) is 5.92 Å². The fraction of sp³-hybridized carbons (Fsp3) is 0.467. The molecule has 0 atom stereocenters. The number of fused-ring (bicyclic) bond motifs is 1. The first kappa shape index (κ1) is 15.9. The Bertz CT molecular complexity index is 807. The largest absolute Gasteiger partial charge is 0.273 e. The van der Waals surface area contributed by atoms with Crippen LogP contribution in [0.3, 0.4) is 0 Å². The van der Waals surface area contributed by atoms with Gasteiger partial charge in [-0.25, -0.2) is 22.4 Å². The summed E-state index contributed by atoms with van der Waals surface area (Å²) in [6, 6.07) is 7.55. The molecule has 8 heteroatoms. The summed E-state index contributed by atoms with van der Waals surface area (Å²) in [4.78, 5) is 16.6. The Labute approximate surface area is 135 Å². The molecule has 1 aliphatic rings. The number of hydrogen-bond donors (Lipinski definition) is 1. The molecule has 1 saturated heterocycles. The topological polar surface area (TPSA) is 84.3 Å². The molecular weight excluding hydrogens is 316 g/mol. The number of sulfonamides is 1. The molecule has 3 rings (SSSR count). The molecule has 1 fully saturated rings. The van der Waals surface area contributed by atoms with E-state index in [1.165, 1.54) is 4.31 Å². The molecule has 23 heavy (non-hydrogen) atoms. The highest BCUT2D eigenvalue weighted by atomic mass is 32.2. The SMILES string of the molecule is CCS(=O)(=O)N1CCC(C(=O)Nn2cnc3ccccc32)CC1. The molecule has 1 aliphatic heterocycles. The number of carbonyl (C=O) groups is 1. The summed E-state index contributed by atoms with van der Waals surface area (Å²) >= 11 is 0. The fourth-order valence-electron chi connectivity index (χ4n) is 2.84. The predicted octanol–water partition coefficient (Wildman–Crippen LogP) is 1.17. The van der Waals surface area contributed by atoms with Crippen LogP contribution in [0.25, 0.3) is 11.0 Å². The van der Waals surface area contributed by atoms with Crippen LogP contribution in [0.1, 0.15) is 19.8 Å². The van der Waals surface area contributed by atoms with Crippen molar-refractivity contribution in [3.05, 3.63) is 30.6 Å². The van der Waals surface area contributed by atoms with E-state index in [9.17, 15) is 13.2 Å². The van der Waals surface area contributed by atoms with Crippen LogP contribution in [0.2, 0.25) is 0 Å². The van der Waals surface area contributed by atoms with Gasteiger partial charge in [0.15, 0.2) is 0 Å². The smallest absolute Gasteiger partial charge is 0.242 e. The Morgan fingerprint density at radius 2 is 2.00 bits per heavy atom. The van der Waals surface area contributed by atoms with Gasteiger partial charge in [-0.3, -0.25) is 10.2 Å². The first-order chi connectivity index (χ1) is 11.0. The van der Waals surface area contributed by atoms with Gasteiger partial charge < -0.3 is 0 Å². The van der Waals surface area contributed by atoms with Crippen LogP contribution < -0.4 is 5.43 Å². The molecule has 7 nitrogen and oxygen atoms in total. The van der Waals surface area contributed by atoms with Gasteiger partial charge in [0.25, 0.3) is 0 Å². The summed E-state index contributed by atoms with van der Waals surface area (Å²) in [5.74, 6) is -0.175. The standard InChI is InChI=1S/C15H20N4O3S/c1-2-23(21,22)18-9-7-12(8-10-18)15(20)17-19-11-16-13-5-3-4-6-14(13)19/h3-6,11-12H,2,7-10H2,1H3,(H,17,20). The summed E-state index contributed by atoms with van der Waals surface area (Å²) in [5, 5.41) is 0. The van der Waals surface area contributed by atoms with Gasteiger partial charge in [0, 0.05) is 19.0 Å². The van der Waals surface area contributed by atoms with E-state index in [2.05, 4.69) is 10.4 Å². The number of piperidine rings is 1. The lowest BCUT2D eigenvalue weighted by Crippen LogP contribution is -2.42. The minimum atomic E-state index is -3.16. The third kappa shape index (κ3) is 3.23. The Balaban J connectivity index is 1.64. The second-order valence-electron chi connectivity index (χ2n) is 5.65. The summed E-state index contributed by atoms with van der Waals surface area (Å²) in [6.07, 6.45) is 2.66. The Kier molecular flexibility index (Phi) is 4.36. The number of benzene rings is 1. The van der Waals surface area contributed by atoms with Crippen LogP contribution in [0, 0.1) is 5.92 Å². The molecular formula is C15H20N4O3S. The van der Waals surface area contributed by atoms with E-state index in [4.69, 9.17) is 0 Å². The molecule has 1 N–H and O–H groups in total. The number of nitrogens with one attached hydrogen (secondary N) is 1. The van der Waals surface area contributed by atoms with Crippen molar-refractivity contribution in [2.45, 2.75) is 19.8 Å². The van der Waals surface area contributed by atoms with Crippen molar-refractivity contribution in [3.63, 3.8) is 0 Å². The molecule has 1 amide bonds. The Morgan fingerprint density at radius 3 is 2.70 bits per heavy atom. The van der Waals surface area contributed by atoms with Crippen LogP contribution >= 0.6 is 0 Å². The summed E-state index contributed by atoms with van der Waals surface area (Å²) < 4.78 is 26.8. The van der Waals surface area contributed by atoms with Crippen LogP contribution in [-0.2, 0) is 14.8 Å². The Morgan fingerprint density at radius 1 is 1.30 bits per heavy atom. The molecule has 0 aliphatic carbocycles. The second kappa shape index (κ2) is 6.29. The fourth-order valence-corrected chi connectivity index (χ4v) is 3.97. The Hall–Kier alpha value is -1.93. The monoisotopic (exact) mass is 336 g/mol. The molecule has 1 aromatic heterocycles. The van der Waals surface area contributed by atoms with Crippen LogP contribution in [0.5, 0.6) is 0 Å². The van der Waals surface area contributed by atoms with Gasteiger partial charge >= 0.3 is 0 Å². The maximum Gasteiger partial charge on any atom is 0.242 e. The molecule has 2 aromatic rings. The molecule has 1 aromatic carbocycles. The number of aromatic nitrogens is 2. The van der Waals surface area contributed by atoms with E-state index in [0.717, 1.165) is 11.0 Å². The molecule has 2 heterocycles. The quantitative estimate of drug-likeness (QED) is 0.908. The maximum absolute atomic E-state index is 12.4. The number of rotatable bonds is 4. The third-order valence-electron chi connectivity index (χ3n) is 4.27. The molecule has 0 saturated carbocycles. The van der Waals surface area contributed by atoms with Crippen molar-refractivity contribution < 1.29 is 13.2 Å². The highest BCUT2D eigenvalue weighted by molar-refractivity contribution is 7.89. The lowest BCUT2D eigenvalue weighted by Gasteiger charge is -2.30.